The molecule has 0 amide bonds. The van der Waals surface area contributed by atoms with Gasteiger partial charge in [0.15, 0.2) is 0 Å². The number of ether oxygens (including phenoxy) is 1. The Bertz CT molecular complexity index is 386. The second-order valence-electron chi connectivity index (χ2n) is 4.98. The molecular formula is C14H20FNO2. The summed E-state index contributed by atoms with van der Waals surface area (Å²) in [7, 11) is 1.94. The molecule has 2 rings (SSSR count). The molecule has 100 valence electrons. The quantitative estimate of drug-likeness (QED) is 0.885. The first-order valence-corrected chi connectivity index (χ1v) is 6.34. The summed E-state index contributed by atoms with van der Waals surface area (Å²) >= 11 is 0. The van der Waals surface area contributed by atoms with E-state index >= 15 is 0 Å². The fraction of sp³-hybridized carbons (Fsp3) is 0.571. The monoisotopic (exact) mass is 253 g/mol. The molecule has 3 nitrogen and oxygen atoms in total. The van der Waals surface area contributed by atoms with Crippen LogP contribution in [0.15, 0.2) is 24.3 Å². The first-order valence-electron chi connectivity index (χ1n) is 6.34. The van der Waals surface area contributed by atoms with Crippen LogP contribution in [-0.4, -0.2) is 42.9 Å². The third kappa shape index (κ3) is 3.51. The Morgan fingerprint density at radius 2 is 2.22 bits per heavy atom. The zero-order chi connectivity index (χ0) is 13.0. The van der Waals surface area contributed by atoms with Gasteiger partial charge in [-0.05, 0) is 19.5 Å². The zero-order valence-corrected chi connectivity index (χ0v) is 10.7. The van der Waals surface area contributed by atoms with E-state index in [1.165, 1.54) is 6.07 Å². The van der Waals surface area contributed by atoms with Crippen molar-refractivity contribution in [2.45, 2.75) is 19.1 Å². The predicted octanol–water partition coefficient (Wildman–Crippen LogP) is 1.65. The molecule has 1 fully saturated rings. The van der Waals surface area contributed by atoms with E-state index < -0.39 is 0 Å². The highest BCUT2D eigenvalue weighted by molar-refractivity contribution is 5.16. The van der Waals surface area contributed by atoms with Gasteiger partial charge in [-0.2, -0.15) is 0 Å². The van der Waals surface area contributed by atoms with Gasteiger partial charge in [0.2, 0.25) is 0 Å². The van der Waals surface area contributed by atoms with E-state index in [0.29, 0.717) is 31.7 Å². The van der Waals surface area contributed by atoms with Gasteiger partial charge in [0.05, 0.1) is 12.7 Å². The Kier molecular flexibility index (Phi) is 4.69. The summed E-state index contributed by atoms with van der Waals surface area (Å²) in [6.45, 7) is 2.49. The molecule has 0 aliphatic carbocycles. The van der Waals surface area contributed by atoms with E-state index in [1.54, 1.807) is 12.1 Å². The largest absolute Gasteiger partial charge is 0.393 e. The van der Waals surface area contributed by atoms with Gasteiger partial charge in [-0.15, -0.1) is 0 Å². The van der Waals surface area contributed by atoms with E-state index in [9.17, 15) is 9.50 Å². The number of benzene rings is 1. The maximum absolute atomic E-state index is 13.5. The van der Waals surface area contributed by atoms with Crippen molar-refractivity contribution in [3.8, 4) is 0 Å². The zero-order valence-electron chi connectivity index (χ0n) is 10.7. The minimum Gasteiger partial charge on any atom is -0.393 e. The lowest BCUT2D eigenvalue weighted by Gasteiger charge is -2.31. The second-order valence-corrected chi connectivity index (χ2v) is 4.98. The van der Waals surface area contributed by atoms with E-state index in [4.69, 9.17) is 4.74 Å². The molecule has 1 aliphatic heterocycles. The van der Waals surface area contributed by atoms with E-state index in [0.717, 1.165) is 6.54 Å². The first-order chi connectivity index (χ1) is 8.66. The highest BCUT2D eigenvalue weighted by Gasteiger charge is 2.24. The van der Waals surface area contributed by atoms with Crippen LogP contribution in [0.2, 0.25) is 0 Å². The van der Waals surface area contributed by atoms with Gasteiger partial charge in [-0.3, -0.25) is 0 Å². The lowest BCUT2D eigenvalue weighted by Crippen LogP contribution is -2.39. The number of hydrogen-bond acceptors (Lipinski definition) is 3. The molecule has 1 aromatic carbocycles. The Labute approximate surface area is 107 Å². The summed E-state index contributed by atoms with van der Waals surface area (Å²) in [5, 5.41) is 9.86. The maximum atomic E-state index is 13.5. The van der Waals surface area contributed by atoms with Crippen molar-refractivity contribution in [3.63, 3.8) is 0 Å². The van der Waals surface area contributed by atoms with Gasteiger partial charge < -0.3 is 14.7 Å². The average Bonchev–Trinajstić information content (AvgIpc) is 2.35. The average molecular weight is 253 g/mol. The molecule has 0 aromatic heterocycles. The molecule has 2 unspecified atom stereocenters. The lowest BCUT2D eigenvalue weighted by atomic mass is 9.98. The van der Waals surface area contributed by atoms with Crippen molar-refractivity contribution in [1.29, 1.82) is 0 Å². The maximum Gasteiger partial charge on any atom is 0.127 e. The number of aliphatic hydroxyl groups is 1. The standard InChI is InChI=1S/C14H20FNO2/c1-16(8-11-4-2-3-5-13(11)15)9-12-10-18-7-6-14(12)17/h2-5,12,14,17H,6-10H2,1H3. The van der Waals surface area contributed by atoms with Gasteiger partial charge in [0.1, 0.15) is 5.82 Å². The van der Waals surface area contributed by atoms with Crippen LogP contribution < -0.4 is 0 Å². The molecule has 2 atom stereocenters. The van der Waals surface area contributed by atoms with Crippen LogP contribution in [0.4, 0.5) is 4.39 Å². The topological polar surface area (TPSA) is 32.7 Å². The number of aliphatic hydroxyl groups excluding tert-OH is 1. The summed E-state index contributed by atoms with van der Waals surface area (Å²) in [5.74, 6) is -0.0553. The van der Waals surface area contributed by atoms with Crippen LogP contribution in [0.1, 0.15) is 12.0 Å². The smallest absolute Gasteiger partial charge is 0.127 e. The van der Waals surface area contributed by atoms with Crippen molar-refractivity contribution in [2.75, 3.05) is 26.8 Å². The first kappa shape index (κ1) is 13.5. The van der Waals surface area contributed by atoms with Gasteiger partial charge in [0, 0.05) is 31.2 Å². The predicted molar refractivity (Wildman–Crippen MR) is 67.7 cm³/mol. The van der Waals surface area contributed by atoms with Crippen LogP contribution in [0.25, 0.3) is 0 Å². The number of nitrogens with zero attached hydrogens (tertiary/aromatic N) is 1. The molecule has 1 aliphatic rings. The normalized spacial score (nSPS) is 24.4. The molecule has 0 bridgehead atoms. The number of halogens is 1. The van der Waals surface area contributed by atoms with Crippen molar-refractivity contribution in [2.24, 2.45) is 5.92 Å². The fourth-order valence-corrected chi connectivity index (χ4v) is 2.34. The number of hydrogen-bond donors (Lipinski definition) is 1. The molecule has 1 heterocycles. The van der Waals surface area contributed by atoms with Crippen molar-refractivity contribution in [3.05, 3.63) is 35.6 Å². The van der Waals surface area contributed by atoms with Crippen LogP contribution in [-0.2, 0) is 11.3 Å². The van der Waals surface area contributed by atoms with Gasteiger partial charge in [-0.1, -0.05) is 18.2 Å². The van der Waals surface area contributed by atoms with Crippen LogP contribution in [0.3, 0.4) is 0 Å². The Hall–Kier alpha value is -0.970. The Morgan fingerprint density at radius 1 is 1.44 bits per heavy atom. The Balaban J connectivity index is 1.88. The summed E-state index contributed by atoms with van der Waals surface area (Å²) in [6, 6.07) is 6.80. The van der Waals surface area contributed by atoms with E-state index in [1.807, 2.05) is 18.0 Å². The number of rotatable bonds is 4. The molecule has 0 radical (unpaired) electrons. The molecule has 4 heteroatoms. The van der Waals surface area contributed by atoms with E-state index in [-0.39, 0.29) is 17.8 Å². The molecule has 1 N–H and O–H groups in total. The molecule has 18 heavy (non-hydrogen) atoms. The SMILES string of the molecule is CN(Cc1ccccc1F)CC1COCCC1O. The van der Waals surface area contributed by atoms with Gasteiger partial charge >= 0.3 is 0 Å². The molecule has 1 saturated heterocycles. The van der Waals surface area contributed by atoms with Crippen molar-refractivity contribution in [1.82, 2.24) is 4.90 Å². The summed E-state index contributed by atoms with van der Waals surface area (Å²) < 4.78 is 18.9. The summed E-state index contributed by atoms with van der Waals surface area (Å²) in [5.41, 5.74) is 0.686. The highest BCUT2D eigenvalue weighted by atomic mass is 19.1. The van der Waals surface area contributed by atoms with Crippen LogP contribution in [0.5, 0.6) is 0 Å². The van der Waals surface area contributed by atoms with Crippen molar-refractivity contribution >= 4 is 0 Å². The lowest BCUT2D eigenvalue weighted by molar-refractivity contribution is -0.0451. The highest BCUT2D eigenvalue weighted by Crippen LogP contribution is 2.17. The third-order valence-corrected chi connectivity index (χ3v) is 3.38. The van der Waals surface area contributed by atoms with Gasteiger partial charge in [-0.25, -0.2) is 4.39 Å². The molecule has 0 spiro atoms. The Morgan fingerprint density at radius 3 is 2.94 bits per heavy atom. The van der Waals surface area contributed by atoms with Crippen LogP contribution in [0, 0.1) is 11.7 Å². The second kappa shape index (κ2) is 6.27. The van der Waals surface area contributed by atoms with Gasteiger partial charge in [0.25, 0.3) is 0 Å². The van der Waals surface area contributed by atoms with Crippen LogP contribution >= 0.6 is 0 Å². The minimum atomic E-state index is -0.304. The van der Waals surface area contributed by atoms with E-state index in [2.05, 4.69) is 0 Å². The fourth-order valence-electron chi connectivity index (χ4n) is 2.34. The third-order valence-electron chi connectivity index (χ3n) is 3.38. The minimum absolute atomic E-state index is 0.121. The molecule has 0 saturated carbocycles. The molecule has 1 aromatic rings. The summed E-state index contributed by atoms with van der Waals surface area (Å²) in [4.78, 5) is 2.03. The van der Waals surface area contributed by atoms with Crippen molar-refractivity contribution < 1.29 is 14.2 Å². The molecular weight excluding hydrogens is 233 g/mol. The summed E-state index contributed by atoms with van der Waals surface area (Å²) in [6.07, 6.45) is 0.389.